The molecule has 6 nitrogen and oxygen atoms in total. The first-order valence-corrected chi connectivity index (χ1v) is 12.4. The van der Waals surface area contributed by atoms with Crippen molar-refractivity contribution in [1.82, 2.24) is 24.7 Å². The summed E-state index contributed by atoms with van der Waals surface area (Å²) in [5, 5.41) is 4.82. The van der Waals surface area contributed by atoms with Crippen LogP contribution < -0.4 is 0 Å². The molecule has 7 heteroatoms. The van der Waals surface area contributed by atoms with Gasteiger partial charge in [-0.3, -0.25) is 15.0 Å². The Morgan fingerprint density at radius 3 is 2.11 bits per heavy atom. The van der Waals surface area contributed by atoms with Gasteiger partial charge in [-0.05, 0) is 57.2 Å². The van der Waals surface area contributed by atoms with Crippen molar-refractivity contribution in [3.63, 3.8) is 0 Å². The second-order valence-corrected chi connectivity index (χ2v) is 9.59. The van der Waals surface area contributed by atoms with Crippen LogP contribution in [0.5, 0.6) is 0 Å². The number of fused-ring (bicyclic) bond motifs is 1. The molecule has 0 saturated heterocycles. The lowest BCUT2D eigenvalue weighted by molar-refractivity contribution is 0.393. The Morgan fingerprint density at radius 1 is 0.838 bits per heavy atom. The average molecular weight is 506 g/mol. The second-order valence-electron chi connectivity index (χ2n) is 9.19. The van der Waals surface area contributed by atoms with Crippen LogP contribution in [0.2, 0.25) is 5.02 Å². The number of hydrogen-bond acceptors (Lipinski definition) is 5. The fourth-order valence-electron chi connectivity index (χ4n) is 5.06. The van der Waals surface area contributed by atoms with Crippen molar-refractivity contribution in [1.29, 1.82) is 0 Å². The van der Waals surface area contributed by atoms with E-state index >= 15 is 0 Å². The highest BCUT2D eigenvalue weighted by Crippen LogP contribution is 2.41. The van der Waals surface area contributed by atoms with E-state index in [9.17, 15) is 0 Å². The molecule has 0 spiro atoms. The lowest BCUT2D eigenvalue weighted by Crippen LogP contribution is -2.34. The fraction of sp³-hybridized carbons (Fsp3) is 0.133. The van der Waals surface area contributed by atoms with E-state index in [0.717, 1.165) is 56.1 Å². The summed E-state index contributed by atoms with van der Waals surface area (Å²) in [4.78, 5) is 14.5. The number of aryl methyl sites for hydroxylation is 2. The molecule has 0 saturated carbocycles. The number of benzene rings is 1. The Hall–Kier alpha value is -4.29. The summed E-state index contributed by atoms with van der Waals surface area (Å²) in [7, 11) is 0. The molecule has 5 aromatic heterocycles. The Kier molecular flexibility index (Phi) is 5.61. The highest BCUT2D eigenvalue weighted by molar-refractivity contribution is 6.33. The molecular formula is C30H24ClN5O. The number of halogens is 1. The highest BCUT2D eigenvalue weighted by atomic mass is 35.5. The van der Waals surface area contributed by atoms with E-state index in [1.165, 1.54) is 0 Å². The molecular weight excluding hydrogens is 482 g/mol. The lowest BCUT2D eigenvalue weighted by Gasteiger charge is -2.31. The average Bonchev–Trinajstić information content (AvgIpc) is 3.48. The molecule has 6 rings (SSSR count). The Bertz CT molecular complexity index is 1660. The van der Waals surface area contributed by atoms with Crippen LogP contribution in [0, 0.1) is 13.8 Å². The standard InChI is InChI=1S/C30H24ClN5O/c1-19-28(20(2)37-35-19)21-16-25-29(34-17-21)23(22-10-4-5-11-24(22)31)18-36(25)30(3,26-12-6-8-14-32-26)27-13-7-9-15-33-27/h4-18H,1-3H3. The third-order valence-electron chi connectivity index (χ3n) is 6.94. The van der Waals surface area contributed by atoms with E-state index in [1.54, 1.807) is 0 Å². The molecule has 0 N–H and O–H groups in total. The van der Waals surface area contributed by atoms with E-state index in [0.29, 0.717) is 5.02 Å². The predicted molar refractivity (Wildman–Crippen MR) is 145 cm³/mol. The molecule has 5 heterocycles. The molecule has 0 fully saturated rings. The van der Waals surface area contributed by atoms with Gasteiger partial charge in [-0.2, -0.15) is 0 Å². The molecule has 0 aliphatic carbocycles. The summed E-state index contributed by atoms with van der Waals surface area (Å²) in [5.74, 6) is 0.750. The molecule has 1 aromatic carbocycles. The van der Waals surface area contributed by atoms with Gasteiger partial charge in [0.05, 0.1) is 28.1 Å². The van der Waals surface area contributed by atoms with Gasteiger partial charge in [-0.25, -0.2) is 0 Å². The predicted octanol–water partition coefficient (Wildman–Crippen LogP) is 7.23. The summed E-state index contributed by atoms with van der Waals surface area (Å²) >= 11 is 6.69. The van der Waals surface area contributed by atoms with Crippen molar-refractivity contribution >= 4 is 22.6 Å². The second kappa shape index (κ2) is 8.98. The van der Waals surface area contributed by atoms with Crippen molar-refractivity contribution in [2.24, 2.45) is 0 Å². The maximum Gasteiger partial charge on any atom is 0.141 e. The van der Waals surface area contributed by atoms with Gasteiger partial charge in [0.15, 0.2) is 0 Å². The number of aromatic nitrogens is 5. The molecule has 0 bridgehead atoms. The zero-order chi connectivity index (χ0) is 25.6. The molecule has 0 amide bonds. The minimum Gasteiger partial charge on any atom is -0.361 e. The van der Waals surface area contributed by atoms with Crippen LogP contribution >= 0.6 is 11.6 Å². The summed E-state index contributed by atoms with van der Waals surface area (Å²) in [6.45, 7) is 5.99. The van der Waals surface area contributed by atoms with Crippen LogP contribution in [-0.4, -0.2) is 24.7 Å². The number of rotatable bonds is 5. The van der Waals surface area contributed by atoms with Crippen molar-refractivity contribution in [2.45, 2.75) is 26.3 Å². The van der Waals surface area contributed by atoms with Crippen molar-refractivity contribution in [3.8, 4) is 22.3 Å². The van der Waals surface area contributed by atoms with Gasteiger partial charge in [0.25, 0.3) is 0 Å². The third-order valence-corrected chi connectivity index (χ3v) is 7.27. The van der Waals surface area contributed by atoms with Crippen molar-refractivity contribution < 1.29 is 4.52 Å². The molecule has 182 valence electrons. The quantitative estimate of drug-likeness (QED) is 0.247. The lowest BCUT2D eigenvalue weighted by atomic mass is 9.91. The topological polar surface area (TPSA) is 69.6 Å². The third kappa shape index (κ3) is 3.72. The number of pyridine rings is 3. The number of nitrogens with zero attached hydrogens (tertiary/aromatic N) is 5. The van der Waals surface area contributed by atoms with Gasteiger partial charge in [-0.15, -0.1) is 0 Å². The van der Waals surface area contributed by atoms with Crippen molar-refractivity contribution in [2.75, 3.05) is 0 Å². The number of hydrogen-bond donors (Lipinski definition) is 0. The van der Waals surface area contributed by atoms with E-state index in [4.69, 9.17) is 31.1 Å². The summed E-state index contributed by atoms with van der Waals surface area (Å²) in [6.07, 6.45) is 7.60. The van der Waals surface area contributed by atoms with Gasteiger partial charge < -0.3 is 9.09 Å². The Morgan fingerprint density at radius 2 is 1.51 bits per heavy atom. The van der Waals surface area contributed by atoms with E-state index in [1.807, 2.05) is 93.1 Å². The van der Waals surface area contributed by atoms with Crippen LogP contribution in [0.1, 0.15) is 29.8 Å². The molecule has 0 radical (unpaired) electrons. The molecule has 0 unspecified atom stereocenters. The smallest absolute Gasteiger partial charge is 0.141 e. The SMILES string of the molecule is Cc1noc(C)c1-c1cnc2c(-c3ccccc3Cl)cn(C(C)(c3ccccn3)c3ccccn3)c2c1. The molecule has 37 heavy (non-hydrogen) atoms. The van der Waals surface area contributed by atoms with Gasteiger partial charge in [0, 0.05) is 52.1 Å². The highest BCUT2D eigenvalue weighted by Gasteiger charge is 2.36. The normalized spacial score (nSPS) is 11.8. The molecule has 0 aliphatic rings. The van der Waals surface area contributed by atoms with Gasteiger partial charge in [0.1, 0.15) is 11.3 Å². The van der Waals surface area contributed by atoms with E-state index in [-0.39, 0.29) is 0 Å². The van der Waals surface area contributed by atoms with Crippen LogP contribution in [0.15, 0.2) is 96.0 Å². The van der Waals surface area contributed by atoms with Crippen LogP contribution in [-0.2, 0) is 5.54 Å². The maximum absolute atomic E-state index is 6.69. The van der Waals surface area contributed by atoms with Gasteiger partial charge in [0.2, 0.25) is 0 Å². The summed E-state index contributed by atoms with van der Waals surface area (Å²) < 4.78 is 7.67. The molecule has 0 atom stereocenters. The first-order chi connectivity index (χ1) is 18.0. The van der Waals surface area contributed by atoms with Gasteiger partial charge in [-0.1, -0.05) is 47.1 Å². The summed E-state index contributed by atoms with van der Waals surface area (Å²) in [6, 6.07) is 21.9. The summed E-state index contributed by atoms with van der Waals surface area (Å²) in [5.41, 5.74) is 7.28. The molecule has 0 aliphatic heterocycles. The monoisotopic (exact) mass is 505 g/mol. The zero-order valence-corrected chi connectivity index (χ0v) is 21.4. The van der Waals surface area contributed by atoms with Crippen LogP contribution in [0.3, 0.4) is 0 Å². The van der Waals surface area contributed by atoms with Crippen LogP contribution in [0.25, 0.3) is 33.3 Å². The van der Waals surface area contributed by atoms with E-state index in [2.05, 4.69) is 28.9 Å². The Balaban J connectivity index is 1.72. The first-order valence-electron chi connectivity index (χ1n) is 12.0. The fourth-order valence-corrected chi connectivity index (χ4v) is 5.30. The Labute approximate surface area is 219 Å². The zero-order valence-electron chi connectivity index (χ0n) is 20.7. The largest absolute Gasteiger partial charge is 0.361 e. The first kappa shape index (κ1) is 23.1. The van der Waals surface area contributed by atoms with E-state index < -0.39 is 5.54 Å². The molecule has 6 aromatic rings. The minimum atomic E-state index is -0.737. The maximum atomic E-state index is 6.69. The minimum absolute atomic E-state index is 0.663. The van der Waals surface area contributed by atoms with Crippen molar-refractivity contribution in [3.05, 3.63) is 119 Å². The van der Waals surface area contributed by atoms with Gasteiger partial charge >= 0.3 is 0 Å². The van der Waals surface area contributed by atoms with Crippen LogP contribution in [0.4, 0.5) is 0 Å².